The number of nitrogens with one attached hydrogen (secondary N) is 1. The molecule has 2 atom stereocenters. The molecule has 118 valence electrons. The van der Waals surface area contributed by atoms with Crippen molar-refractivity contribution in [1.82, 2.24) is 5.43 Å². The van der Waals surface area contributed by atoms with E-state index in [4.69, 9.17) is 4.74 Å². The Morgan fingerprint density at radius 1 is 1.26 bits per heavy atom. The lowest BCUT2D eigenvalue weighted by molar-refractivity contribution is -0.124. The standard InChI is InChI=1S/C18H17BrN2O2/c1-23-18(14-8-3-2-4-9-14)11-15(18)17(22)21-20-12-13-7-5-6-10-16(13)19/h2-10,12,15H,11H2,1H3,(H,21,22). The molecule has 0 spiro atoms. The first-order chi connectivity index (χ1) is 11.2. The van der Waals surface area contributed by atoms with Crippen molar-refractivity contribution in [2.24, 2.45) is 11.0 Å². The zero-order valence-corrected chi connectivity index (χ0v) is 14.3. The van der Waals surface area contributed by atoms with Gasteiger partial charge in [0.1, 0.15) is 5.60 Å². The monoisotopic (exact) mass is 372 g/mol. The van der Waals surface area contributed by atoms with Gasteiger partial charge in [0.15, 0.2) is 0 Å². The van der Waals surface area contributed by atoms with Crippen molar-refractivity contribution in [3.8, 4) is 0 Å². The van der Waals surface area contributed by atoms with Gasteiger partial charge in [0.25, 0.3) is 0 Å². The van der Waals surface area contributed by atoms with Crippen LogP contribution in [0.25, 0.3) is 0 Å². The molecule has 1 aliphatic carbocycles. The molecule has 2 aromatic carbocycles. The Hall–Kier alpha value is -1.98. The Kier molecular flexibility index (Phi) is 4.59. The normalized spacial score (nSPS) is 23.0. The van der Waals surface area contributed by atoms with E-state index in [1.807, 2.05) is 54.6 Å². The lowest BCUT2D eigenvalue weighted by Crippen LogP contribution is -2.25. The highest BCUT2D eigenvalue weighted by molar-refractivity contribution is 9.10. The minimum atomic E-state index is -0.520. The number of carbonyl (C=O) groups excluding carboxylic acids is 1. The quantitative estimate of drug-likeness (QED) is 0.645. The summed E-state index contributed by atoms with van der Waals surface area (Å²) in [5.41, 5.74) is 4.02. The van der Waals surface area contributed by atoms with Gasteiger partial charge in [-0.2, -0.15) is 5.10 Å². The zero-order chi connectivity index (χ0) is 16.3. The van der Waals surface area contributed by atoms with E-state index >= 15 is 0 Å². The first-order valence-corrected chi connectivity index (χ1v) is 8.15. The summed E-state index contributed by atoms with van der Waals surface area (Å²) in [6.07, 6.45) is 2.30. The summed E-state index contributed by atoms with van der Waals surface area (Å²) in [7, 11) is 1.64. The smallest absolute Gasteiger partial charge is 0.246 e. The van der Waals surface area contributed by atoms with Crippen molar-refractivity contribution in [2.45, 2.75) is 12.0 Å². The van der Waals surface area contributed by atoms with Crippen LogP contribution >= 0.6 is 15.9 Å². The first-order valence-electron chi connectivity index (χ1n) is 7.35. The first kappa shape index (κ1) is 15.9. The highest BCUT2D eigenvalue weighted by Gasteiger charge is 2.60. The van der Waals surface area contributed by atoms with Crippen LogP contribution in [-0.2, 0) is 15.1 Å². The van der Waals surface area contributed by atoms with Crippen molar-refractivity contribution >= 4 is 28.1 Å². The summed E-state index contributed by atoms with van der Waals surface area (Å²) in [4.78, 5) is 12.3. The maximum absolute atomic E-state index is 12.3. The van der Waals surface area contributed by atoms with E-state index < -0.39 is 5.60 Å². The molecule has 5 heteroatoms. The Labute approximate surface area is 143 Å². The molecule has 0 aromatic heterocycles. The molecule has 3 rings (SSSR count). The van der Waals surface area contributed by atoms with E-state index in [1.54, 1.807) is 13.3 Å². The number of carbonyl (C=O) groups is 1. The molecule has 0 aliphatic heterocycles. The van der Waals surface area contributed by atoms with Crippen LogP contribution in [-0.4, -0.2) is 19.2 Å². The van der Waals surface area contributed by atoms with Crippen molar-refractivity contribution < 1.29 is 9.53 Å². The zero-order valence-electron chi connectivity index (χ0n) is 12.7. The Morgan fingerprint density at radius 3 is 2.65 bits per heavy atom. The van der Waals surface area contributed by atoms with Gasteiger partial charge >= 0.3 is 0 Å². The molecule has 0 radical (unpaired) electrons. The molecule has 1 amide bonds. The van der Waals surface area contributed by atoms with Gasteiger partial charge < -0.3 is 4.74 Å². The van der Waals surface area contributed by atoms with Gasteiger partial charge in [0, 0.05) is 17.1 Å². The lowest BCUT2D eigenvalue weighted by atomic mass is 10.1. The topological polar surface area (TPSA) is 50.7 Å². The molecule has 2 aromatic rings. The third kappa shape index (κ3) is 3.21. The molecule has 2 unspecified atom stereocenters. The van der Waals surface area contributed by atoms with Crippen LogP contribution in [0.4, 0.5) is 0 Å². The van der Waals surface area contributed by atoms with Gasteiger partial charge in [-0.25, -0.2) is 5.43 Å². The predicted molar refractivity (Wildman–Crippen MR) is 93.1 cm³/mol. The van der Waals surface area contributed by atoms with Crippen LogP contribution in [0.3, 0.4) is 0 Å². The van der Waals surface area contributed by atoms with E-state index in [2.05, 4.69) is 26.5 Å². The number of hydrogen-bond acceptors (Lipinski definition) is 3. The molecule has 1 saturated carbocycles. The molecule has 23 heavy (non-hydrogen) atoms. The number of hydrogen-bond donors (Lipinski definition) is 1. The van der Waals surface area contributed by atoms with Gasteiger partial charge in [-0.1, -0.05) is 64.5 Å². The fourth-order valence-electron chi connectivity index (χ4n) is 2.75. The number of nitrogens with zero attached hydrogens (tertiary/aromatic N) is 1. The molecule has 1 aliphatic rings. The maximum atomic E-state index is 12.3. The van der Waals surface area contributed by atoms with Crippen molar-refractivity contribution in [3.63, 3.8) is 0 Å². The van der Waals surface area contributed by atoms with Crippen LogP contribution in [0.15, 0.2) is 64.2 Å². The summed E-state index contributed by atoms with van der Waals surface area (Å²) < 4.78 is 6.56. The third-order valence-electron chi connectivity index (χ3n) is 4.14. The average Bonchev–Trinajstić information content (AvgIpc) is 3.34. The minimum Gasteiger partial charge on any atom is -0.373 e. The highest BCUT2D eigenvalue weighted by Crippen LogP contribution is 2.54. The number of amides is 1. The van der Waals surface area contributed by atoms with Crippen molar-refractivity contribution in [3.05, 3.63) is 70.2 Å². The van der Waals surface area contributed by atoms with Gasteiger partial charge in [-0.3, -0.25) is 4.79 Å². The van der Waals surface area contributed by atoms with Crippen molar-refractivity contribution in [1.29, 1.82) is 0 Å². The number of halogens is 1. The highest BCUT2D eigenvalue weighted by atomic mass is 79.9. The fourth-order valence-corrected chi connectivity index (χ4v) is 3.14. The Bertz CT molecular complexity index is 733. The largest absolute Gasteiger partial charge is 0.373 e. The van der Waals surface area contributed by atoms with E-state index in [0.29, 0.717) is 6.42 Å². The number of rotatable bonds is 5. The molecule has 4 nitrogen and oxygen atoms in total. The predicted octanol–water partition coefficient (Wildman–Crippen LogP) is 3.46. The Morgan fingerprint density at radius 2 is 1.96 bits per heavy atom. The van der Waals surface area contributed by atoms with E-state index in [0.717, 1.165) is 15.6 Å². The second-order valence-electron chi connectivity index (χ2n) is 5.47. The van der Waals surface area contributed by atoms with E-state index in [1.165, 1.54) is 0 Å². The molecule has 0 heterocycles. The second-order valence-corrected chi connectivity index (χ2v) is 6.33. The summed E-state index contributed by atoms with van der Waals surface area (Å²) in [5, 5.41) is 4.05. The van der Waals surface area contributed by atoms with Crippen LogP contribution in [0.2, 0.25) is 0 Å². The lowest BCUT2D eigenvalue weighted by Gasteiger charge is -2.15. The fraction of sp³-hybridized carbons (Fsp3) is 0.222. The van der Waals surface area contributed by atoms with Crippen LogP contribution in [0.1, 0.15) is 17.5 Å². The molecule has 0 saturated heterocycles. The summed E-state index contributed by atoms with van der Waals surface area (Å²) >= 11 is 3.44. The number of ether oxygens (including phenoxy) is 1. The van der Waals surface area contributed by atoms with E-state index in [-0.39, 0.29) is 11.8 Å². The molecular formula is C18H17BrN2O2. The van der Waals surface area contributed by atoms with Crippen LogP contribution in [0, 0.1) is 5.92 Å². The second kappa shape index (κ2) is 6.64. The van der Waals surface area contributed by atoms with Gasteiger partial charge in [-0.05, 0) is 18.1 Å². The number of methoxy groups -OCH3 is 1. The van der Waals surface area contributed by atoms with Crippen LogP contribution < -0.4 is 5.43 Å². The van der Waals surface area contributed by atoms with Gasteiger partial charge in [-0.15, -0.1) is 0 Å². The average molecular weight is 373 g/mol. The Balaban J connectivity index is 1.65. The van der Waals surface area contributed by atoms with Gasteiger partial charge in [0.05, 0.1) is 12.1 Å². The SMILES string of the molecule is COC1(c2ccccc2)CC1C(=O)NN=Cc1ccccc1Br. The summed E-state index contributed by atoms with van der Waals surface area (Å²) in [5.74, 6) is -0.342. The third-order valence-corrected chi connectivity index (χ3v) is 4.86. The number of benzene rings is 2. The van der Waals surface area contributed by atoms with Gasteiger partial charge in [0.2, 0.25) is 5.91 Å². The summed E-state index contributed by atoms with van der Waals surface area (Å²) in [6.45, 7) is 0. The summed E-state index contributed by atoms with van der Waals surface area (Å²) in [6, 6.07) is 17.5. The number of hydrazone groups is 1. The molecular weight excluding hydrogens is 356 g/mol. The maximum Gasteiger partial charge on any atom is 0.246 e. The minimum absolute atomic E-state index is 0.126. The van der Waals surface area contributed by atoms with E-state index in [9.17, 15) is 4.79 Å². The molecule has 0 bridgehead atoms. The van der Waals surface area contributed by atoms with Crippen molar-refractivity contribution in [2.75, 3.05) is 7.11 Å². The van der Waals surface area contributed by atoms with Crippen LogP contribution in [0.5, 0.6) is 0 Å². The molecule has 1 N–H and O–H groups in total. The molecule has 1 fully saturated rings.